The molecule has 2 aliphatic heterocycles. The molecule has 0 spiro atoms. The van der Waals surface area contributed by atoms with E-state index < -0.39 is 0 Å². The van der Waals surface area contributed by atoms with Crippen molar-refractivity contribution in [3.05, 3.63) is 59.0 Å². The molecule has 2 saturated heterocycles. The zero-order valence-electron chi connectivity index (χ0n) is 19.4. The molecule has 33 heavy (non-hydrogen) atoms. The van der Waals surface area contributed by atoms with Crippen molar-refractivity contribution < 1.29 is 4.79 Å². The SMILES string of the molecule is Cc1ccc(C)c(N2CCN(C(=O)C3CCN(c4ccc(-c5cccs5)nn4)CC3)CC2)c1. The molecule has 2 aliphatic rings. The van der Waals surface area contributed by atoms with Crippen LogP contribution in [0.1, 0.15) is 24.0 Å². The number of benzene rings is 1. The summed E-state index contributed by atoms with van der Waals surface area (Å²) in [4.78, 5) is 21.1. The highest BCUT2D eigenvalue weighted by molar-refractivity contribution is 7.13. The number of hydrogen-bond donors (Lipinski definition) is 0. The first-order valence-corrected chi connectivity index (χ1v) is 12.7. The summed E-state index contributed by atoms with van der Waals surface area (Å²) >= 11 is 1.67. The lowest BCUT2D eigenvalue weighted by molar-refractivity contribution is -0.136. The molecule has 6 nitrogen and oxygen atoms in total. The number of hydrogen-bond acceptors (Lipinski definition) is 6. The van der Waals surface area contributed by atoms with E-state index in [2.05, 4.69) is 74.5 Å². The van der Waals surface area contributed by atoms with E-state index in [9.17, 15) is 4.79 Å². The highest BCUT2D eigenvalue weighted by Crippen LogP contribution is 2.27. The molecule has 2 fully saturated rings. The molecular formula is C26H31N5OS. The van der Waals surface area contributed by atoms with Crippen molar-refractivity contribution in [3.8, 4) is 10.6 Å². The number of carbonyl (C=O) groups is 1. The van der Waals surface area contributed by atoms with Crippen molar-refractivity contribution >= 4 is 28.7 Å². The van der Waals surface area contributed by atoms with Crippen LogP contribution in [0.15, 0.2) is 47.8 Å². The van der Waals surface area contributed by atoms with E-state index in [1.54, 1.807) is 11.3 Å². The summed E-state index contributed by atoms with van der Waals surface area (Å²) in [5.74, 6) is 1.35. The van der Waals surface area contributed by atoms with Gasteiger partial charge in [-0.3, -0.25) is 4.79 Å². The van der Waals surface area contributed by atoms with Gasteiger partial charge in [-0.05, 0) is 67.5 Å². The Bertz CT molecular complexity index is 1080. The van der Waals surface area contributed by atoms with Crippen molar-refractivity contribution in [3.63, 3.8) is 0 Å². The fourth-order valence-electron chi connectivity index (χ4n) is 4.89. The van der Waals surface area contributed by atoms with E-state index in [1.165, 1.54) is 16.8 Å². The second-order valence-electron chi connectivity index (χ2n) is 9.12. The number of rotatable bonds is 4. The molecular weight excluding hydrogens is 430 g/mol. The molecule has 2 aromatic heterocycles. The lowest BCUT2D eigenvalue weighted by atomic mass is 9.95. The van der Waals surface area contributed by atoms with E-state index in [-0.39, 0.29) is 5.92 Å². The van der Waals surface area contributed by atoms with Gasteiger partial charge in [0, 0.05) is 50.9 Å². The van der Waals surface area contributed by atoms with E-state index in [0.717, 1.165) is 68.5 Å². The zero-order chi connectivity index (χ0) is 22.8. The predicted molar refractivity (Wildman–Crippen MR) is 135 cm³/mol. The van der Waals surface area contributed by atoms with Crippen LogP contribution >= 0.6 is 11.3 Å². The number of aromatic nitrogens is 2. The Labute approximate surface area is 199 Å². The number of amides is 1. The van der Waals surface area contributed by atoms with E-state index in [4.69, 9.17) is 0 Å². The molecule has 0 N–H and O–H groups in total. The van der Waals surface area contributed by atoms with Crippen molar-refractivity contribution in [2.24, 2.45) is 5.92 Å². The van der Waals surface area contributed by atoms with Crippen molar-refractivity contribution in [2.45, 2.75) is 26.7 Å². The summed E-state index contributed by atoms with van der Waals surface area (Å²) in [6.45, 7) is 9.43. The first kappa shape index (κ1) is 21.9. The molecule has 0 saturated carbocycles. The maximum Gasteiger partial charge on any atom is 0.225 e. The van der Waals surface area contributed by atoms with Crippen LogP contribution in [0.5, 0.6) is 0 Å². The highest BCUT2D eigenvalue weighted by atomic mass is 32.1. The van der Waals surface area contributed by atoms with E-state index in [0.29, 0.717) is 5.91 Å². The third-order valence-corrected chi connectivity index (χ3v) is 7.78. The average Bonchev–Trinajstić information content (AvgIpc) is 3.41. The molecule has 0 unspecified atom stereocenters. The van der Waals surface area contributed by atoms with Crippen LogP contribution < -0.4 is 9.80 Å². The standard InChI is InChI=1S/C26H31N5OS/c1-19-5-6-20(2)23(18-19)29-13-15-31(16-14-29)26(32)21-9-11-30(12-10-21)25-8-7-22(27-28-25)24-4-3-17-33-24/h3-8,17-18,21H,9-16H2,1-2H3. The van der Waals surface area contributed by atoms with Gasteiger partial charge in [-0.15, -0.1) is 21.5 Å². The van der Waals surface area contributed by atoms with E-state index >= 15 is 0 Å². The number of nitrogens with zero attached hydrogens (tertiary/aromatic N) is 5. The molecule has 5 rings (SSSR count). The Morgan fingerprint density at radius 3 is 2.36 bits per heavy atom. The molecule has 0 radical (unpaired) electrons. The van der Waals surface area contributed by atoms with Crippen molar-refractivity contribution in [2.75, 3.05) is 49.1 Å². The highest BCUT2D eigenvalue weighted by Gasteiger charge is 2.31. The summed E-state index contributed by atoms with van der Waals surface area (Å²) in [5, 5.41) is 10.9. The number of piperidine rings is 1. The molecule has 0 atom stereocenters. The predicted octanol–water partition coefficient (Wildman–Crippen LogP) is 4.39. The van der Waals surface area contributed by atoms with Crippen LogP contribution in [-0.4, -0.2) is 60.3 Å². The smallest absolute Gasteiger partial charge is 0.225 e. The van der Waals surface area contributed by atoms with Gasteiger partial charge < -0.3 is 14.7 Å². The van der Waals surface area contributed by atoms with Gasteiger partial charge in [0.2, 0.25) is 5.91 Å². The summed E-state index contributed by atoms with van der Waals surface area (Å²) in [6, 6.07) is 14.8. The Kier molecular flexibility index (Phi) is 6.31. The molecule has 1 amide bonds. The third kappa shape index (κ3) is 4.74. The molecule has 172 valence electrons. The topological polar surface area (TPSA) is 52.6 Å². The van der Waals surface area contributed by atoms with Gasteiger partial charge >= 0.3 is 0 Å². The minimum Gasteiger partial charge on any atom is -0.368 e. The second-order valence-corrected chi connectivity index (χ2v) is 10.1. The maximum atomic E-state index is 13.2. The summed E-state index contributed by atoms with van der Waals surface area (Å²) in [5.41, 5.74) is 4.81. The summed E-state index contributed by atoms with van der Waals surface area (Å²) in [6.07, 6.45) is 1.76. The molecule has 4 heterocycles. The van der Waals surface area contributed by atoms with E-state index in [1.807, 2.05) is 12.1 Å². The Balaban J connectivity index is 1.13. The second kappa shape index (κ2) is 9.51. The van der Waals surface area contributed by atoms with Gasteiger partial charge in [-0.25, -0.2) is 0 Å². The molecule has 7 heteroatoms. The minimum atomic E-state index is 0.117. The largest absolute Gasteiger partial charge is 0.368 e. The minimum absolute atomic E-state index is 0.117. The number of thiophene rings is 1. The molecule has 1 aromatic carbocycles. The van der Waals surface area contributed by atoms with Gasteiger partial charge in [0.25, 0.3) is 0 Å². The number of piperazine rings is 1. The Morgan fingerprint density at radius 1 is 0.909 bits per heavy atom. The van der Waals surface area contributed by atoms with Gasteiger partial charge in [0.1, 0.15) is 5.69 Å². The maximum absolute atomic E-state index is 13.2. The fraction of sp³-hybridized carbons (Fsp3) is 0.423. The van der Waals surface area contributed by atoms with Crippen molar-refractivity contribution in [1.29, 1.82) is 0 Å². The quantitative estimate of drug-likeness (QED) is 0.577. The van der Waals surface area contributed by atoms with Gasteiger partial charge in [0.15, 0.2) is 5.82 Å². The number of carbonyl (C=O) groups excluding carboxylic acids is 1. The van der Waals surface area contributed by atoms with Crippen LogP contribution in [0.25, 0.3) is 10.6 Å². The molecule has 0 aliphatic carbocycles. The average molecular weight is 462 g/mol. The first-order valence-electron chi connectivity index (χ1n) is 11.8. The Morgan fingerprint density at radius 2 is 1.70 bits per heavy atom. The normalized spacial score (nSPS) is 17.5. The van der Waals surface area contributed by atoms with Crippen LogP contribution in [0.4, 0.5) is 11.5 Å². The first-order chi connectivity index (χ1) is 16.1. The van der Waals surface area contributed by atoms with Gasteiger partial charge in [-0.2, -0.15) is 0 Å². The van der Waals surface area contributed by atoms with Crippen LogP contribution in [0.3, 0.4) is 0 Å². The summed E-state index contributed by atoms with van der Waals surface area (Å²) in [7, 11) is 0. The third-order valence-electron chi connectivity index (χ3n) is 6.89. The molecule has 0 bridgehead atoms. The van der Waals surface area contributed by atoms with Crippen LogP contribution in [0.2, 0.25) is 0 Å². The van der Waals surface area contributed by atoms with Crippen molar-refractivity contribution in [1.82, 2.24) is 15.1 Å². The van der Waals surface area contributed by atoms with Gasteiger partial charge in [0.05, 0.1) is 4.88 Å². The lowest BCUT2D eigenvalue weighted by Gasteiger charge is -2.40. The zero-order valence-corrected chi connectivity index (χ0v) is 20.2. The lowest BCUT2D eigenvalue weighted by Crippen LogP contribution is -2.52. The number of aryl methyl sites for hydroxylation is 2. The monoisotopic (exact) mass is 461 g/mol. The molecule has 3 aromatic rings. The number of anilines is 2. The fourth-order valence-corrected chi connectivity index (χ4v) is 5.58. The summed E-state index contributed by atoms with van der Waals surface area (Å²) < 4.78 is 0. The Hall–Kier alpha value is -2.93. The van der Waals surface area contributed by atoms with Crippen LogP contribution in [0, 0.1) is 19.8 Å². The van der Waals surface area contributed by atoms with Crippen LogP contribution in [-0.2, 0) is 4.79 Å². The van der Waals surface area contributed by atoms with Gasteiger partial charge in [-0.1, -0.05) is 18.2 Å².